The number of thiazole rings is 1. The third kappa shape index (κ3) is 3.85. The number of aromatic nitrogens is 1. The van der Waals surface area contributed by atoms with E-state index in [0.717, 1.165) is 25.2 Å². The molecule has 0 radical (unpaired) electrons. The lowest BCUT2D eigenvalue weighted by Crippen LogP contribution is -2.26. The molecule has 2 aliphatic heterocycles. The molecular weight excluding hydrogens is 322 g/mol. The van der Waals surface area contributed by atoms with Gasteiger partial charge < -0.3 is 10.2 Å². The van der Waals surface area contributed by atoms with Gasteiger partial charge in [0, 0.05) is 30.8 Å². The molecule has 2 aliphatic rings. The van der Waals surface area contributed by atoms with Crippen LogP contribution in [0.15, 0.2) is 0 Å². The van der Waals surface area contributed by atoms with Gasteiger partial charge in [0.05, 0.1) is 17.2 Å². The molecule has 1 aromatic rings. The predicted octanol–water partition coefficient (Wildman–Crippen LogP) is 1.28. The second kappa shape index (κ2) is 6.25. The number of carbonyl (C=O) groups excluding carboxylic acids is 1. The number of amides is 1. The Kier molecular flexibility index (Phi) is 4.52. The van der Waals surface area contributed by atoms with E-state index in [1.165, 1.54) is 4.88 Å². The molecule has 8 heteroatoms. The maximum absolute atomic E-state index is 12.1. The van der Waals surface area contributed by atoms with Crippen LogP contribution in [0.25, 0.3) is 0 Å². The van der Waals surface area contributed by atoms with E-state index in [1.54, 1.807) is 11.3 Å². The maximum atomic E-state index is 12.1. The Hall–Kier alpha value is -0.990. The lowest BCUT2D eigenvalue weighted by atomic mass is 9.99. The number of rotatable bonds is 3. The molecule has 0 bridgehead atoms. The zero-order chi connectivity index (χ0) is 15.7. The first-order valence-corrected chi connectivity index (χ1v) is 10.2. The molecule has 0 atom stereocenters. The molecule has 0 aromatic carbocycles. The van der Waals surface area contributed by atoms with Crippen molar-refractivity contribution in [2.75, 3.05) is 30.4 Å². The second-order valence-corrected chi connectivity index (χ2v) is 9.61. The van der Waals surface area contributed by atoms with Gasteiger partial charge >= 0.3 is 0 Å². The number of fused-ring (bicyclic) bond motifs is 1. The lowest BCUT2D eigenvalue weighted by molar-refractivity contribution is -0.117. The van der Waals surface area contributed by atoms with Crippen LogP contribution < -0.4 is 5.32 Å². The molecule has 122 valence electrons. The first-order valence-electron chi connectivity index (χ1n) is 7.59. The molecule has 0 saturated carbocycles. The summed E-state index contributed by atoms with van der Waals surface area (Å²) in [5.41, 5.74) is 1.10. The minimum Gasteiger partial charge on any atom is -0.302 e. The van der Waals surface area contributed by atoms with Crippen molar-refractivity contribution in [2.24, 2.45) is 5.92 Å². The number of nitrogens with one attached hydrogen (secondary N) is 1. The quantitative estimate of drug-likeness (QED) is 0.894. The minimum absolute atomic E-state index is 0.0521. The van der Waals surface area contributed by atoms with Gasteiger partial charge in [-0.05, 0) is 25.8 Å². The molecule has 0 spiro atoms. The van der Waals surface area contributed by atoms with Crippen LogP contribution in [0.4, 0.5) is 5.13 Å². The fourth-order valence-electron chi connectivity index (χ4n) is 2.95. The van der Waals surface area contributed by atoms with Gasteiger partial charge in [0.15, 0.2) is 5.13 Å². The lowest BCUT2D eigenvalue weighted by Gasteiger charge is -2.20. The number of hydrogen-bond acceptors (Lipinski definition) is 6. The van der Waals surface area contributed by atoms with Gasteiger partial charge in [-0.2, -0.15) is 0 Å². The van der Waals surface area contributed by atoms with E-state index in [9.17, 15) is 13.2 Å². The smallest absolute Gasteiger partial charge is 0.226 e. The van der Waals surface area contributed by atoms with E-state index in [4.69, 9.17) is 0 Å². The van der Waals surface area contributed by atoms with E-state index in [2.05, 4.69) is 22.2 Å². The highest BCUT2D eigenvalue weighted by molar-refractivity contribution is 7.91. The highest BCUT2D eigenvalue weighted by atomic mass is 32.2. The second-order valence-electron chi connectivity index (χ2n) is 6.22. The van der Waals surface area contributed by atoms with Crippen molar-refractivity contribution in [3.8, 4) is 0 Å². The van der Waals surface area contributed by atoms with Crippen molar-refractivity contribution in [1.82, 2.24) is 9.88 Å². The topological polar surface area (TPSA) is 79.4 Å². The summed E-state index contributed by atoms with van der Waals surface area (Å²) in [6, 6.07) is 0. The molecule has 3 rings (SSSR count). The minimum atomic E-state index is -2.86. The molecule has 1 saturated heterocycles. The van der Waals surface area contributed by atoms with E-state index in [0.29, 0.717) is 24.4 Å². The third-order valence-corrected chi connectivity index (χ3v) is 7.03. The number of hydrogen-bond donors (Lipinski definition) is 1. The standard InChI is InChI=1S/C14H21N3O3S2/c1-17-5-2-11-12(9-17)21-14(15-11)16-13(18)8-10-3-6-22(19,20)7-4-10/h10H,2-9H2,1H3,(H,15,16,18). The summed E-state index contributed by atoms with van der Waals surface area (Å²) < 4.78 is 22.8. The Balaban J connectivity index is 1.54. The molecule has 1 aromatic heterocycles. The normalized spacial score (nSPS) is 22.2. The van der Waals surface area contributed by atoms with Crippen LogP contribution in [0.2, 0.25) is 0 Å². The van der Waals surface area contributed by atoms with E-state index in [-0.39, 0.29) is 23.3 Å². The average molecular weight is 343 g/mol. The maximum Gasteiger partial charge on any atom is 0.226 e. The van der Waals surface area contributed by atoms with Gasteiger partial charge in [-0.25, -0.2) is 13.4 Å². The summed E-state index contributed by atoms with van der Waals surface area (Å²) in [6.45, 7) is 1.89. The Morgan fingerprint density at radius 3 is 2.86 bits per heavy atom. The monoisotopic (exact) mass is 343 g/mol. The number of likely N-dealkylation sites (N-methyl/N-ethyl adjacent to an activating group) is 1. The van der Waals surface area contributed by atoms with Crippen LogP contribution in [0.1, 0.15) is 29.8 Å². The number of sulfone groups is 1. The van der Waals surface area contributed by atoms with Gasteiger partial charge in [0.25, 0.3) is 0 Å². The predicted molar refractivity (Wildman–Crippen MR) is 86.8 cm³/mol. The van der Waals surface area contributed by atoms with Crippen LogP contribution in [0.3, 0.4) is 0 Å². The molecule has 6 nitrogen and oxygen atoms in total. The largest absolute Gasteiger partial charge is 0.302 e. The molecule has 3 heterocycles. The fourth-order valence-corrected chi connectivity index (χ4v) is 5.65. The van der Waals surface area contributed by atoms with Gasteiger partial charge in [0.2, 0.25) is 5.91 Å². The van der Waals surface area contributed by atoms with Crippen molar-refractivity contribution < 1.29 is 13.2 Å². The molecular formula is C14H21N3O3S2. The summed E-state index contributed by atoms with van der Waals surface area (Å²) in [5.74, 6) is 0.541. The highest BCUT2D eigenvalue weighted by Crippen LogP contribution is 2.28. The number of nitrogens with zero attached hydrogens (tertiary/aromatic N) is 2. The van der Waals surface area contributed by atoms with Crippen molar-refractivity contribution in [1.29, 1.82) is 0 Å². The van der Waals surface area contributed by atoms with Crippen molar-refractivity contribution in [3.63, 3.8) is 0 Å². The average Bonchev–Trinajstić information content (AvgIpc) is 2.82. The molecule has 1 amide bonds. The van der Waals surface area contributed by atoms with Crippen molar-refractivity contribution in [2.45, 2.75) is 32.2 Å². The van der Waals surface area contributed by atoms with Gasteiger partial charge in [-0.3, -0.25) is 4.79 Å². The molecule has 22 heavy (non-hydrogen) atoms. The van der Waals surface area contributed by atoms with Gasteiger partial charge in [0.1, 0.15) is 9.84 Å². The molecule has 1 fully saturated rings. The van der Waals surface area contributed by atoms with E-state index in [1.807, 2.05) is 0 Å². The van der Waals surface area contributed by atoms with Crippen LogP contribution in [-0.4, -0.2) is 49.3 Å². The molecule has 0 aliphatic carbocycles. The van der Waals surface area contributed by atoms with Crippen LogP contribution in [0, 0.1) is 5.92 Å². The molecule has 1 N–H and O–H groups in total. The van der Waals surface area contributed by atoms with Crippen LogP contribution >= 0.6 is 11.3 Å². The van der Waals surface area contributed by atoms with Crippen molar-refractivity contribution in [3.05, 3.63) is 10.6 Å². The summed E-state index contributed by atoms with van der Waals surface area (Å²) in [7, 11) is -0.783. The highest BCUT2D eigenvalue weighted by Gasteiger charge is 2.26. The Morgan fingerprint density at radius 1 is 1.41 bits per heavy atom. The Bertz CT molecular complexity index is 655. The van der Waals surface area contributed by atoms with Gasteiger partial charge in [-0.15, -0.1) is 11.3 Å². The Labute approximate surface area is 134 Å². The summed E-state index contributed by atoms with van der Waals surface area (Å²) >= 11 is 1.55. The molecule has 0 unspecified atom stereocenters. The van der Waals surface area contributed by atoms with Crippen molar-refractivity contribution >= 4 is 32.2 Å². The number of carbonyl (C=O) groups is 1. The summed E-state index contributed by atoms with van der Waals surface area (Å²) in [4.78, 5) is 20.1. The van der Waals surface area contributed by atoms with E-state index >= 15 is 0 Å². The summed E-state index contributed by atoms with van der Waals surface area (Å²) in [6.07, 6.45) is 2.50. The first-order chi connectivity index (χ1) is 10.4. The van der Waals surface area contributed by atoms with E-state index < -0.39 is 9.84 Å². The number of anilines is 1. The first kappa shape index (κ1) is 15.9. The van der Waals surface area contributed by atoms with Gasteiger partial charge in [-0.1, -0.05) is 0 Å². The van der Waals surface area contributed by atoms with Crippen LogP contribution in [0.5, 0.6) is 0 Å². The Morgan fingerprint density at radius 2 is 2.14 bits per heavy atom. The third-order valence-electron chi connectivity index (χ3n) is 4.32. The zero-order valence-corrected chi connectivity index (χ0v) is 14.3. The fraction of sp³-hybridized carbons (Fsp3) is 0.714. The SMILES string of the molecule is CN1CCc2nc(NC(=O)CC3CCS(=O)(=O)CC3)sc2C1. The zero-order valence-electron chi connectivity index (χ0n) is 12.7. The summed E-state index contributed by atoms with van der Waals surface area (Å²) in [5, 5.41) is 3.56. The van der Waals surface area contributed by atoms with Crippen LogP contribution in [-0.2, 0) is 27.6 Å².